The zero-order valence-electron chi connectivity index (χ0n) is 11.6. The van der Waals surface area contributed by atoms with E-state index in [4.69, 9.17) is 0 Å². The Balaban J connectivity index is 0.00000180. The quantitative estimate of drug-likeness (QED) is 0.878. The number of halogens is 1. The van der Waals surface area contributed by atoms with E-state index in [2.05, 4.69) is 42.0 Å². The van der Waals surface area contributed by atoms with Gasteiger partial charge in [-0.05, 0) is 30.8 Å². The molecule has 1 saturated heterocycles. The molecule has 0 saturated carbocycles. The molecule has 0 aromatic carbocycles. The lowest BCUT2D eigenvalue weighted by Crippen LogP contribution is -2.38. The Kier molecular flexibility index (Phi) is 6.30. The first-order valence-electron chi connectivity index (χ1n) is 6.62. The van der Waals surface area contributed by atoms with Gasteiger partial charge < -0.3 is 10.6 Å². The molecule has 1 aliphatic heterocycles. The highest BCUT2D eigenvalue weighted by Gasteiger charge is 2.23. The zero-order chi connectivity index (χ0) is 13.0. The van der Waals surface area contributed by atoms with Crippen LogP contribution < -0.4 is 10.6 Å². The molecular weight excluding hydrogens is 280 g/mol. The van der Waals surface area contributed by atoms with E-state index in [0.717, 1.165) is 13.0 Å². The molecule has 1 unspecified atom stereocenters. The van der Waals surface area contributed by atoms with Gasteiger partial charge in [-0.2, -0.15) is 0 Å². The van der Waals surface area contributed by atoms with E-state index in [1.165, 1.54) is 11.3 Å². The Morgan fingerprint density at radius 3 is 2.95 bits per heavy atom. The number of hydrogen-bond donors (Lipinski definition) is 2. The molecule has 1 fully saturated rings. The van der Waals surface area contributed by atoms with Gasteiger partial charge in [-0.1, -0.05) is 19.9 Å². The van der Waals surface area contributed by atoms with E-state index >= 15 is 0 Å². The highest BCUT2D eigenvalue weighted by atomic mass is 35.5. The van der Waals surface area contributed by atoms with Crippen molar-refractivity contribution in [3.05, 3.63) is 22.4 Å². The minimum atomic E-state index is 0. The standard InChI is InChI=1S/C14H22N2OS.ClH/c1-14(2,12-6-4-8-18-12)10-16-13(17)9-11-5-3-7-15-11;/h4,6,8,11,15H,3,5,7,9-10H2,1-2H3,(H,16,17);1H. The lowest BCUT2D eigenvalue weighted by Gasteiger charge is -2.24. The molecule has 2 N–H and O–H groups in total. The molecule has 3 nitrogen and oxygen atoms in total. The van der Waals surface area contributed by atoms with E-state index in [1.807, 2.05) is 0 Å². The Labute approximate surface area is 125 Å². The number of carbonyl (C=O) groups excluding carboxylic acids is 1. The number of nitrogens with one attached hydrogen (secondary N) is 2. The van der Waals surface area contributed by atoms with Gasteiger partial charge in [0.05, 0.1) is 0 Å². The molecule has 1 atom stereocenters. The van der Waals surface area contributed by atoms with Gasteiger partial charge in [0.2, 0.25) is 5.91 Å². The summed E-state index contributed by atoms with van der Waals surface area (Å²) >= 11 is 1.75. The summed E-state index contributed by atoms with van der Waals surface area (Å²) in [5, 5.41) is 8.50. The lowest BCUT2D eigenvalue weighted by atomic mass is 9.91. The average molecular weight is 303 g/mol. The molecule has 0 spiro atoms. The van der Waals surface area contributed by atoms with Crippen molar-refractivity contribution in [2.45, 2.75) is 44.6 Å². The van der Waals surface area contributed by atoms with Gasteiger partial charge in [-0.15, -0.1) is 23.7 Å². The normalized spacial score (nSPS) is 18.9. The fourth-order valence-corrected chi connectivity index (χ4v) is 3.15. The summed E-state index contributed by atoms with van der Waals surface area (Å²) in [7, 11) is 0. The predicted octanol–water partition coefficient (Wildman–Crippen LogP) is 2.71. The van der Waals surface area contributed by atoms with Crippen molar-refractivity contribution in [3.8, 4) is 0 Å². The van der Waals surface area contributed by atoms with E-state index in [1.54, 1.807) is 11.3 Å². The molecule has 1 aromatic heterocycles. The Morgan fingerprint density at radius 1 is 1.58 bits per heavy atom. The monoisotopic (exact) mass is 302 g/mol. The summed E-state index contributed by atoms with van der Waals surface area (Å²) in [6, 6.07) is 4.58. The Morgan fingerprint density at radius 2 is 2.37 bits per heavy atom. The maximum Gasteiger partial charge on any atom is 0.221 e. The first-order valence-corrected chi connectivity index (χ1v) is 7.50. The summed E-state index contributed by atoms with van der Waals surface area (Å²) in [6.07, 6.45) is 2.93. The van der Waals surface area contributed by atoms with Crippen LogP contribution in [0.2, 0.25) is 0 Å². The highest BCUT2D eigenvalue weighted by Crippen LogP contribution is 2.26. The van der Waals surface area contributed by atoms with Crippen molar-refractivity contribution in [2.75, 3.05) is 13.1 Å². The van der Waals surface area contributed by atoms with Crippen molar-refractivity contribution in [3.63, 3.8) is 0 Å². The number of thiophene rings is 1. The first kappa shape index (κ1) is 16.5. The van der Waals surface area contributed by atoms with Gasteiger partial charge in [-0.3, -0.25) is 4.79 Å². The topological polar surface area (TPSA) is 41.1 Å². The van der Waals surface area contributed by atoms with Crippen LogP contribution in [0.3, 0.4) is 0 Å². The smallest absolute Gasteiger partial charge is 0.221 e. The van der Waals surface area contributed by atoms with Crippen LogP contribution in [0.5, 0.6) is 0 Å². The number of amides is 1. The molecule has 1 aliphatic rings. The first-order chi connectivity index (χ1) is 8.58. The Bertz CT molecular complexity index is 386. The van der Waals surface area contributed by atoms with Gasteiger partial charge in [0, 0.05) is 29.3 Å². The zero-order valence-corrected chi connectivity index (χ0v) is 13.2. The molecule has 2 heterocycles. The molecule has 1 amide bonds. The largest absolute Gasteiger partial charge is 0.355 e. The van der Waals surface area contributed by atoms with Crippen LogP contribution >= 0.6 is 23.7 Å². The average Bonchev–Trinajstić information content (AvgIpc) is 2.99. The van der Waals surface area contributed by atoms with E-state index in [-0.39, 0.29) is 23.7 Å². The minimum Gasteiger partial charge on any atom is -0.355 e. The van der Waals surface area contributed by atoms with Crippen molar-refractivity contribution in [1.29, 1.82) is 0 Å². The third kappa shape index (κ3) is 4.79. The lowest BCUT2D eigenvalue weighted by molar-refractivity contribution is -0.121. The summed E-state index contributed by atoms with van der Waals surface area (Å²) in [4.78, 5) is 13.2. The highest BCUT2D eigenvalue weighted by molar-refractivity contribution is 7.10. The summed E-state index contributed by atoms with van der Waals surface area (Å²) in [5.41, 5.74) is 0.0208. The molecule has 0 bridgehead atoms. The van der Waals surface area contributed by atoms with E-state index < -0.39 is 0 Å². The van der Waals surface area contributed by atoms with Crippen LogP contribution in [0.25, 0.3) is 0 Å². The molecule has 0 radical (unpaired) electrons. The molecule has 19 heavy (non-hydrogen) atoms. The van der Waals surface area contributed by atoms with Crippen molar-refractivity contribution in [1.82, 2.24) is 10.6 Å². The summed E-state index contributed by atoms with van der Waals surface area (Å²) in [6.45, 7) is 6.11. The van der Waals surface area contributed by atoms with Crippen molar-refractivity contribution >= 4 is 29.7 Å². The van der Waals surface area contributed by atoms with E-state index in [9.17, 15) is 4.79 Å². The van der Waals surface area contributed by atoms with Crippen LogP contribution in [0.4, 0.5) is 0 Å². The second kappa shape index (κ2) is 7.27. The number of rotatable bonds is 5. The molecular formula is C14H23ClN2OS. The van der Waals surface area contributed by atoms with Gasteiger partial charge in [-0.25, -0.2) is 0 Å². The molecule has 1 aromatic rings. The Hall–Kier alpha value is -0.580. The second-order valence-electron chi connectivity index (χ2n) is 5.64. The van der Waals surface area contributed by atoms with Gasteiger partial charge >= 0.3 is 0 Å². The minimum absolute atomic E-state index is 0. The van der Waals surface area contributed by atoms with Gasteiger partial charge in [0.1, 0.15) is 0 Å². The second-order valence-corrected chi connectivity index (χ2v) is 6.58. The number of carbonyl (C=O) groups is 1. The van der Waals surface area contributed by atoms with E-state index in [0.29, 0.717) is 19.0 Å². The molecule has 5 heteroatoms. The van der Waals surface area contributed by atoms with Crippen LogP contribution in [-0.2, 0) is 10.2 Å². The number of hydrogen-bond acceptors (Lipinski definition) is 3. The van der Waals surface area contributed by atoms with Crippen LogP contribution in [0.1, 0.15) is 38.0 Å². The van der Waals surface area contributed by atoms with Crippen LogP contribution in [-0.4, -0.2) is 25.0 Å². The molecule has 2 rings (SSSR count). The predicted molar refractivity (Wildman–Crippen MR) is 83.2 cm³/mol. The van der Waals surface area contributed by atoms with Crippen molar-refractivity contribution in [2.24, 2.45) is 0 Å². The van der Waals surface area contributed by atoms with Crippen LogP contribution in [0, 0.1) is 0 Å². The molecule has 108 valence electrons. The molecule has 0 aliphatic carbocycles. The van der Waals surface area contributed by atoms with Gasteiger partial charge in [0.25, 0.3) is 0 Å². The third-order valence-corrected chi connectivity index (χ3v) is 4.75. The fourth-order valence-electron chi connectivity index (χ4n) is 2.30. The van der Waals surface area contributed by atoms with Gasteiger partial charge in [0.15, 0.2) is 0 Å². The maximum absolute atomic E-state index is 11.9. The SMILES string of the molecule is CC(C)(CNC(=O)CC1CCCN1)c1cccs1.Cl. The third-order valence-electron chi connectivity index (χ3n) is 3.51. The summed E-state index contributed by atoms with van der Waals surface area (Å²) in [5.74, 6) is 0.166. The maximum atomic E-state index is 11.9. The van der Waals surface area contributed by atoms with Crippen LogP contribution in [0.15, 0.2) is 17.5 Å². The fraction of sp³-hybridized carbons (Fsp3) is 0.643. The summed E-state index contributed by atoms with van der Waals surface area (Å²) < 4.78 is 0. The van der Waals surface area contributed by atoms with Crippen molar-refractivity contribution < 1.29 is 4.79 Å².